The summed E-state index contributed by atoms with van der Waals surface area (Å²) in [6.45, 7) is 1.89. The van der Waals surface area contributed by atoms with Gasteiger partial charge in [0.15, 0.2) is 0 Å². The lowest BCUT2D eigenvalue weighted by molar-refractivity contribution is -0.132. The Morgan fingerprint density at radius 3 is 2.23 bits per heavy atom. The van der Waals surface area contributed by atoms with Gasteiger partial charge in [0.25, 0.3) is 11.7 Å². The van der Waals surface area contributed by atoms with Crippen molar-refractivity contribution >= 4 is 29.1 Å². The topological polar surface area (TPSA) is 113 Å². The summed E-state index contributed by atoms with van der Waals surface area (Å²) in [5, 5.41) is 20.7. The van der Waals surface area contributed by atoms with Crippen LogP contribution in [0.4, 0.5) is 5.69 Å². The van der Waals surface area contributed by atoms with Gasteiger partial charge in [-0.2, -0.15) is 0 Å². The van der Waals surface area contributed by atoms with Gasteiger partial charge < -0.3 is 19.7 Å². The summed E-state index contributed by atoms with van der Waals surface area (Å²) in [5.74, 6) is -2.50. The van der Waals surface area contributed by atoms with E-state index in [1.165, 1.54) is 43.4 Å². The van der Waals surface area contributed by atoms with Crippen molar-refractivity contribution in [2.24, 2.45) is 0 Å². The molecule has 0 saturated carbocycles. The minimum Gasteiger partial charge on any atom is -0.507 e. The molecule has 1 heterocycles. The Morgan fingerprint density at radius 1 is 0.886 bits per heavy atom. The van der Waals surface area contributed by atoms with Crippen LogP contribution >= 0.6 is 0 Å². The molecule has 1 aliphatic heterocycles. The second kappa shape index (κ2) is 9.34. The molecule has 0 unspecified atom stereocenters. The van der Waals surface area contributed by atoms with Crippen LogP contribution in [0.1, 0.15) is 33.1 Å². The van der Waals surface area contributed by atoms with Crippen LogP contribution in [0.25, 0.3) is 5.76 Å². The average molecular weight is 473 g/mol. The number of carbonyl (C=O) groups excluding carboxylic acids is 2. The molecule has 0 aliphatic carbocycles. The number of Topliss-reactive ketones (excluding diaryl/α,β-unsaturated/α-hetero) is 1. The molecule has 178 valence electrons. The van der Waals surface area contributed by atoms with Crippen molar-refractivity contribution in [1.82, 2.24) is 0 Å². The zero-order valence-electron chi connectivity index (χ0n) is 19.3. The van der Waals surface area contributed by atoms with Gasteiger partial charge in [-0.05, 0) is 37.3 Å². The van der Waals surface area contributed by atoms with Gasteiger partial charge in [0.2, 0.25) is 0 Å². The van der Waals surface area contributed by atoms with Gasteiger partial charge in [-0.25, -0.2) is 4.79 Å². The molecule has 2 N–H and O–H groups in total. The van der Waals surface area contributed by atoms with E-state index < -0.39 is 23.7 Å². The van der Waals surface area contributed by atoms with Gasteiger partial charge in [0, 0.05) is 22.9 Å². The first-order chi connectivity index (χ1) is 16.8. The van der Waals surface area contributed by atoms with Crippen molar-refractivity contribution in [1.29, 1.82) is 0 Å². The summed E-state index contributed by atoms with van der Waals surface area (Å²) in [6.07, 6.45) is 0. The number of aromatic carboxylic acids is 1. The highest BCUT2D eigenvalue weighted by atomic mass is 16.5. The molecule has 1 aliphatic rings. The summed E-state index contributed by atoms with van der Waals surface area (Å²) >= 11 is 0. The Balaban J connectivity index is 2.00. The number of carbonyl (C=O) groups is 3. The number of nitrogens with zero attached hydrogens (tertiary/aromatic N) is 1. The van der Waals surface area contributed by atoms with E-state index in [0.29, 0.717) is 22.6 Å². The highest BCUT2D eigenvalue weighted by Gasteiger charge is 2.48. The summed E-state index contributed by atoms with van der Waals surface area (Å²) in [5.41, 5.74) is 1.75. The van der Waals surface area contributed by atoms with Crippen LogP contribution in [0.3, 0.4) is 0 Å². The zero-order chi connectivity index (χ0) is 25.3. The fourth-order valence-corrected chi connectivity index (χ4v) is 4.09. The molecule has 3 aromatic carbocycles. The maximum atomic E-state index is 13.3. The summed E-state index contributed by atoms with van der Waals surface area (Å²) in [7, 11) is 2.94. The van der Waals surface area contributed by atoms with Crippen LogP contribution in [0.15, 0.2) is 72.3 Å². The number of ketones is 1. The molecule has 0 spiro atoms. The van der Waals surface area contributed by atoms with Crippen molar-refractivity contribution in [2.75, 3.05) is 19.1 Å². The summed E-state index contributed by atoms with van der Waals surface area (Å²) in [6, 6.07) is 16.4. The van der Waals surface area contributed by atoms with Gasteiger partial charge in [-0.3, -0.25) is 14.5 Å². The van der Waals surface area contributed by atoms with Crippen LogP contribution in [-0.2, 0) is 9.59 Å². The molecule has 0 aromatic heterocycles. The van der Waals surface area contributed by atoms with Gasteiger partial charge >= 0.3 is 5.97 Å². The molecular weight excluding hydrogens is 450 g/mol. The van der Waals surface area contributed by atoms with E-state index in [9.17, 15) is 24.6 Å². The predicted octanol–water partition coefficient (Wildman–Crippen LogP) is 4.34. The first-order valence-electron chi connectivity index (χ1n) is 10.7. The zero-order valence-corrected chi connectivity index (χ0v) is 19.3. The quantitative estimate of drug-likeness (QED) is 0.311. The largest absolute Gasteiger partial charge is 0.507 e. The van der Waals surface area contributed by atoms with Gasteiger partial charge in [-0.1, -0.05) is 35.9 Å². The van der Waals surface area contributed by atoms with Crippen LogP contribution in [0, 0.1) is 6.92 Å². The third-order valence-electron chi connectivity index (χ3n) is 5.88. The molecule has 35 heavy (non-hydrogen) atoms. The number of aliphatic hydroxyl groups is 1. The van der Waals surface area contributed by atoms with Crippen LogP contribution in [0.2, 0.25) is 0 Å². The number of benzene rings is 3. The molecule has 0 bridgehead atoms. The van der Waals surface area contributed by atoms with E-state index in [0.717, 1.165) is 5.56 Å². The first kappa shape index (κ1) is 23.6. The number of hydrogen-bond acceptors (Lipinski definition) is 6. The monoisotopic (exact) mass is 473 g/mol. The molecule has 1 saturated heterocycles. The van der Waals surface area contributed by atoms with E-state index in [1.54, 1.807) is 42.5 Å². The van der Waals surface area contributed by atoms with Crippen LogP contribution < -0.4 is 14.4 Å². The standard InChI is InChI=1S/C27H23NO7/c1-15-7-9-16(10-8-15)24(29)22-23(20-12-11-19(34-2)14-21(20)35-3)28(26(31)25(22)30)18-6-4-5-17(13-18)27(32)33/h4-14,23,29H,1-3H3,(H,32,33)/t23-/m0/s1. The molecule has 4 rings (SSSR count). The highest BCUT2D eigenvalue weighted by Crippen LogP contribution is 2.45. The minimum absolute atomic E-state index is 0.0524. The summed E-state index contributed by atoms with van der Waals surface area (Å²) in [4.78, 5) is 39.4. The molecule has 0 radical (unpaired) electrons. The van der Waals surface area contributed by atoms with Gasteiger partial charge in [0.1, 0.15) is 17.3 Å². The Hall–Kier alpha value is -4.59. The van der Waals surface area contributed by atoms with E-state index in [4.69, 9.17) is 9.47 Å². The fourth-order valence-electron chi connectivity index (χ4n) is 4.09. The Bertz CT molecular complexity index is 1360. The van der Waals surface area contributed by atoms with Gasteiger partial charge in [0.05, 0.1) is 31.4 Å². The number of rotatable bonds is 6. The third-order valence-corrected chi connectivity index (χ3v) is 5.88. The average Bonchev–Trinajstić information content (AvgIpc) is 3.13. The van der Waals surface area contributed by atoms with E-state index in [2.05, 4.69) is 0 Å². The van der Waals surface area contributed by atoms with Crippen molar-refractivity contribution in [2.45, 2.75) is 13.0 Å². The first-order valence-corrected chi connectivity index (χ1v) is 10.7. The van der Waals surface area contributed by atoms with Crippen LogP contribution in [-0.4, -0.2) is 42.1 Å². The Kier molecular flexibility index (Phi) is 6.29. The molecule has 3 aromatic rings. The number of methoxy groups -OCH3 is 2. The van der Waals surface area contributed by atoms with Crippen molar-refractivity contribution in [3.05, 3.63) is 94.6 Å². The lowest BCUT2D eigenvalue weighted by atomic mass is 9.94. The Labute approximate surface area is 201 Å². The van der Waals surface area contributed by atoms with Crippen molar-refractivity contribution < 1.29 is 34.1 Å². The maximum absolute atomic E-state index is 13.3. The van der Waals surface area contributed by atoms with Crippen molar-refractivity contribution in [3.63, 3.8) is 0 Å². The number of amides is 1. The molecule has 1 atom stereocenters. The second-order valence-electron chi connectivity index (χ2n) is 8.00. The number of ether oxygens (including phenoxy) is 2. The predicted molar refractivity (Wildman–Crippen MR) is 129 cm³/mol. The molecule has 8 heteroatoms. The lowest BCUT2D eigenvalue weighted by Crippen LogP contribution is -2.29. The van der Waals surface area contributed by atoms with Gasteiger partial charge in [-0.15, -0.1) is 0 Å². The second-order valence-corrected chi connectivity index (χ2v) is 8.00. The number of anilines is 1. The highest BCUT2D eigenvalue weighted by molar-refractivity contribution is 6.51. The number of carboxylic acid groups (broad SMARTS) is 1. The number of hydrogen-bond donors (Lipinski definition) is 2. The number of carboxylic acids is 1. The molecule has 8 nitrogen and oxygen atoms in total. The molecule has 1 fully saturated rings. The van der Waals surface area contributed by atoms with E-state index >= 15 is 0 Å². The lowest BCUT2D eigenvalue weighted by Gasteiger charge is -2.27. The molecular formula is C27H23NO7. The molecule has 1 amide bonds. The number of aliphatic hydroxyl groups excluding tert-OH is 1. The minimum atomic E-state index is -1.18. The van der Waals surface area contributed by atoms with Crippen molar-refractivity contribution in [3.8, 4) is 11.5 Å². The fraction of sp³-hybridized carbons (Fsp3) is 0.148. The van der Waals surface area contributed by atoms with E-state index in [-0.39, 0.29) is 22.6 Å². The SMILES string of the molecule is COc1ccc([C@H]2C(=C(O)c3ccc(C)cc3)C(=O)C(=O)N2c2cccc(C(=O)O)c2)c(OC)c1. The Morgan fingerprint density at radius 2 is 1.60 bits per heavy atom. The van der Waals surface area contributed by atoms with Crippen LogP contribution in [0.5, 0.6) is 11.5 Å². The summed E-state index contributed by atoms with van der Waals surface area (Å²) < 4.78 is 10.8. The third kappa shape index (κ3) is 4.21. The smallest absolute Gasteiger partial charge is 0.335 e. The maximum Gasteiger partial charge on any atom is 0.335 e. The normalized spacial score (nSPS) is 16.9. The van der Waals surface area contributed by atoms with E-state index in [1.807, 2.05) is 6.92 Å². The number of aryl methyl sites for hydroxylation is 1.